The number of hydrogen-bond acceptors (Lipinski definition) is 2. The molecule has 102 valence electrons. The number of rotatable bonds is 2. The van der Waals surface area contributed by atoms with Crippen molar-refractivity contribution < 1.29 is 9.53 Å². The van der Waals surface area contributed by atoms with Crippen molar-refractivity contribution in [2.45, 2.75) is 44.9 Å². The molecule has 3 heteroatoms. The molecule has 2 fully saturated rings. The van der Waals surface area contributed by atoms with Crippen LogP contribution in [0.2, 0.25) is 0 Å². The van der Waals surface area contributed by atoms with E-state index < -0.39 is 0 Å². The molecule has 0 N–H and O–H groups in total. The van der Waals surface area contributed by atoms with Gasteiger partial charge < -0.3 is 9.64 Å². The standard InChI is InChI=1S/C16H21NO2/c1-12-17(16(18)14-9-5-6-10-14)11-15(19-12)13-7-3-2-4-8-13/h2-4,7-8,12,14-15H,5-6,9-11H2,1H3. The first-order chi connectivity index (χ1) is 9.25. The van der Waals surface area contributed by atoms with Gasteiger partial charge >= 0.3 is 0 Å². The van der Waals surface area contributed by atoms with Crippen molar-refractivity contribution in [3.63, 3.8) is 0 Å². The minimum atomic E-state index is -0.0988. The molecule has 1 aromatic rings. The Bertz CT molecular complexity index is 439. The number of carbonyl (C=O) groups is 1. The zero-order valence-corrected chi connectivity index (χ0v) is 11.4. The van der Waals surface area contributed by atoms with Gasteiger partial charge in [0.25, 0.3) is 0 Å². The lowest BCUT2D eigenvalue weighted by atomic mass is 10.1. The maximum Gasteiger partial charge on any atom is 0.227 e. The normalized spacial score (nSPS) is 27.9. The highest BCUT2D eigenvalue weighted by molar-refractivity contribution is 5.79. The molecule has 1 amide bonds. The van der Waals surface area contributed by atoms with E-state index in [-0.39, 0.29) is 18.2 Å². The van der Waals surface area contributed by atoms with Gasteiger partial charge in [-0.25, -0.2) is 0 Å². The summed E-state index contributed by atoms with van der Waals surface area (Å²) in [6.45, 7) is 2.68. The first-order valence-corrected chi connectivity index (χ1v) is 7.26. The molecule has 1 aliphatic carbocycles. The van der Waals surface area contributed by atoms with E-state index in [1.54, 1.807) is 0 Å². The van der Waals surface area contributed by atoms with Crippen molar-refractivity contribution in [2.75, 3.05) is 6.54 Å². The molecule has 19 heavy (non-hydrogen) atoms. The van der Waals surface area contributed by atoms with Gasteiger partial charge in [0.1, 0.15) is 12.3 Å². The van der Waals surface area contributed by atoms with Gasteiger partial charge in [-0.15, -0.1) is 0 Å². The summed E-state index contributed by atoms with van der Waals surface area (Å²) in [6, 6.07) is 10.2. The van der Waals surface area contributed by atoms with E-state index in [2.05, 4.69) is 12.1 Å². The van der Waals surface area contributed by atoms with Crippen molar-refractivity contribution in [3.8, 4) is 0 Å². The molecular formula is C16H21NO2. The average Bonchev–Trinajstić information content (AvgIpc) is 3.08. The summed E-state index contributed by atoms with van der Waals surface area (Å²) in [5.41, 5.74) is 1.16. The second-order valence-corrected chi connectivity index (χ2v) is 5.61. The summed E-state index contributed by atoms with van der Waals surface area (Å²) in [7, 11) is 0. The second kappa shape index (κ2) is 5.33. The zero-order chi connectivity index (χ0) is 13.2. The second-order valence-electron chi connectivity index (χ2n) is 5.61. The van der Waals surface area contributed by atoms with Crippen LogP contribution in [0, 0.1) is 5.92 Å². The lowest BCUT2D eigenvalue weighted by molar-refractivity contribution is -0.139. The van der Waals surface area contributed by atoms with E-state index >= 15 is 0 Å². The summed E-state index contributed by atoms with van der Waals surface area (Å²) in [5.74, 6) is 0.531. The molecule has 2 atom stereocenters. The number of ether oxygens (including phenoxy) is 1. The first kappa shape index (κ1) is 12.7. The van der Waals surface area contributed by atoms with Crippen LogP contribution in [-0.4, -0.2) is 23.6 Å². The third kappa shape index (κ3) is 2.52. The molecule has 1 heterocycles. The summed E-state index contributed by atoms with van der Waals surface area (Å²) in [4.78, 5) is 14.4. The van der Waals surface area contributed by atoms with E-state index in [0.29, 0.717) is 12.5 Å². The molecule has 3 rings (SSSR count). The maximum absolute atomic E-state index is 12.5. The molecule has 1 saturated carbocycles. The van der Waals surface area contributed by atoms with Crippen LogP contribution in [0.1, 0.15) is 44.3 Å². The predicted octanol–water partition coefficient (Wildman–Crippen LogP) is 3.12. The number of amides is 1. The van der Waals surface area contributed by atoms with Crippen LogP contribution in [0.5, 0.6) is 0 Å². The Kier molecular flexibility index (Phi) is 3.56. The van der Waals surface area contributed by atoms with E-state index in [0.717, 1.165) is 18.4 Å². The van der Waals surface area contributed by atoms with Gasteiger partial charge in [-0.3, -0.25) is 4.79 Å². The van der Waals surface area contributed by atoms with E-state index in [1.165, 1.54) is 12.8 Å². The van der Waals surface area contributed by atoms with Crippen LogP contribution in [0.15, 0.2) is 30.3 Å². The van der Waals surface area contributed by atoms with Gasteiger partial charge in [0.05, 0.1) is 6.54 Å². The SMILES string of the molecule is CC1OC(c2ccccc2)CN1C(=O)C1CCCC1. The molecule has 1 saturated heterocycles. The number of nitrogens with zero attached hydrogens (tertiary/aromatic N) is 1. The first-order valence-electron chi connectivity index (χ1n) is 7.26. The monoisotopic (exact) mass is 259 g/mol. The lowest BCUT2D eigenvalue weighted by Gasteiger charge is -2.22. The maximum atomic E-state index is 12.5. The fourth-order valence-corrected chi connectivity index (χ4v) is 3.21. The molecule has 1 aromatic carbocycles. The number of benzene rings is 1. The lowest BCUT2D eigenvalue weighted by Crippen LogP contribution is -2.38. The summed E-state index contributed by atoms with van der Waals surface area (Å²) >= 11 is 0. The van der Waals surface area contributed by atoms with Gasteiger partial charge in [0.2, 0.25) is 5.91 Å². The molecule has 0 spiro atoms. The minimum Gasteiger partial charge on any atom is -0.349 e. The smallest absolute Gasteiger partial charge is 0.227 e. The van der Waals surface area contributed by atoms with Crippen molar-refractivity contribution in [1.29, 1.82) is 0 Å². The Morgan fingerprint density at radius 3 is 2.58 bits per heavy atom. The van der Waals surface area contributed by atoms with Gasteiger partial charge in [-0.2, -0.15) is 0 Å². The fourth-order valence-electron chi connectivity index (χ4n) is 3.21. The zero-order valence-electron chi connectivity index (χ0n) is 11.4. The van der Waals surface area contributed by atoms with Gasteiger partial charge in [-0.05, 0) is 25.3 Å². The molecule has 0 radical (unpaired) electrons. The Morgan fingerprint density at radius 2 is 1.89 bits per heavy atom. The third-order valence-corrected chi connectivity index (χ3v) is 4.32. The van der Waals surface area contributed by atoms with Crippen LogP contribution < -0.4 is 0 Å². The van der Waals surface area contributed by atoms with Crippen molar-refractivity contribution in [3.05, 3.63) is 35.9 Å². The van der Waals surface area contributed by atoms with E-state index in [4.69, 9.17) is 4.74 Å². The summed E-state index contributed by atoms with van der Waals surface area (Å²) < 4.78 is 5.95. The highest BCUT2D eigenvalue weighted by atomic mass is 16.5. The van der Waals surface area contributed by atoms with Gasteiger partial charge in [0.15, 0.2) is 0 Å². The third-order valence-electron chi connectivity index (χ3n) is 4.32. The summed E-state index contributed by atoms with van der Waals surface area (Å²) in [5, 5.41) is 0. The highest BCUT2D eigenvalue weighted by Gasteiger charge is 2.37. The number of carbonyl (C=O) groups excluding carboxylic acids is 1. The average molecular weight is 259 g/mol. The van der Waals surface area contributed by atoms with Crippen LogP contribution in [-0.2, 0) is 9.53 Å². The molecule has 0 aromatic heterocycles. The molecule has 2 unspecified atom stereocenters. The van der Waals surface area contributed by atoms with E-state index in [9.17, 15) is 4.79 Å². The summed E-state index contributed by atoms with van der Waals surface area (Å²) in [6.07, 6.45) is 4.43. The highest BCUT2D eigenvalue weighted by Crippen LogP contribution is 2.33. The van der Waals surface area contributed by atoms with Crippen LogP contribution in [0.3, 0.4) is 0 Å². The van der Waals surface area contributed by atoms with Crippen molar-refractivity contribution in [2.24, 2.45) is 5.92 Å². The van der Waals surface area contributed by atoms with Crippen LogP contribution in [0.4, 0.5) is 0 Å². The van der Waals surface area contributed by atoms with Gasteiger partial charge in [0, 0.05) is 5.92 Å². The molecule has 0 bridgehead atoms. The molecular weight excluding hydrogens is 238 g/mol. The van der Waals surface area contributed by atoms with Crippen molar-refractivity contribution in [1.82, 2.24) is 4.90 Å². The van der Waals surface area contributed by atoms with Crippen LogP contribution in [0.25, 0.3) is 0 Å². The predicted molar refractivity (Wildman–Crippen MR) is 73.4 cm³/mol. The van der Waals surface area contributed by atoms with Gasteiger partial charge in [-0.1, -0.05) is 43.2 Å². The quantitative estimate of drug-likeness (QED) is 0.816. The van der Waals surface area contributed by atoms with Crippen LogP contribution >= 0.6 is 0 Å². The Labute approximate surface area is 114 Å². The van der Waals surface area contributed by atoms with E-state index in [1.807, 2.05) is 30.0 Å². The largest absolute Gasteiger partial charge is 0.349 e. The molecule has 1 aliphatic heterocycles. The molecule has 3 nitrogen and oxygen atoms in total. The topological polar surface area (TPSA) is 29.5 Å². The minimum absolute atomic E-state index is 0.0292. The Balaban J connectivity index is 1.69. The Morgan fingerprint density at radius 1 is 1.21 bits per heavy atom. The number of hydrogen-bond donors (Lipinski definition) is 0. The Hall–Kier alpha value is -1.35. The fraction of sp³-hybridized carbons (Fsp3) is 0.562. The van der Waals surface area contributed by atoms with Crippen molar-refractivity contribution >= 4 is 5.91 Å². The molecule has 2 aliphatic rings.